The van der Waals surface area contributed by atoms with E-state index in [2.05, 4.69) is 5.32 Å². The number of aliphatic hydroxyl groups excluding tert-OH is 1. The van der Waals surface area contributed by atoms with Gasteiger partial charge in [0.2, 0.25) is 0 Å². The van der Waals surface area contributed by atoms with E-state index in [0.717, 1.165) is 0 Å². The normalized spacial score (nSPS) is 20.1. The van der Waals surface area contributed by atoms with E-state index in [1.165, 1.54) is 4.90 Å². The molecule has 0 bridgehead atoms. The van der Waals surface area contributed by atoms with Crippen LogP contribution in [0.3, 0.4) is 0 Å². The lowest BCUT2D eigenvalue weighted by Crippen LogP contribution is -2.50. The van der Waals surface area contributed by atoms with E-state index in [-0.39, 0.29) is 24.7 Å². The van der Waals surface area contributed by atoms with Crippen molar-refractivity contribution in [2.75, 3.05) is 51.8 Å². The van der Waals surface area contributed by atoms with Crippen LogP contribution in [0, 0.1) is 0 Å². The molecular formula is C13H25N3O5S. The minimum atomic E-state index is -3.13. The van der Waals surface area contributed by atoms with Crippen LogP contribution >= 0.6 is 0 Å². The summed E-state index contributed by atoms with van der Waals surface area (Å²) in [6, 6.07) is -0.443. The van der Waals surface area contributed by atoms with Crippen LogP contribution in [-0.2, 0) is 19.4 Å². The molecule has 0 spiro atoms. The maximum atomic E-state index is 12.3. The van der Waals surface area contributed by atoms with Gasteiger partial charge in [-0.25, -0.2) is 8.42 Å². The molecule has 0 saturated carbocycles. The van der Waals surface area contributed by atoms with Gasteiger partial charge in [0.1, 0.15) is 0 Å². The van der Waals surface area contributed by atoms with Gasteiger partial charge in [0.25, 0.3) is 0 Å². The van der Waals surface area contributed by atoms with Crippen molar-refractivity contribution in [3.63, 3.8) is 0 Å². The molecule has 1 fully saturated rings. The Kier molecular flexibility index (Phi) is 7.24. The second-order valence-corrected chi connectivity index (χ2v) is 7.92. The number of aliphatic hydroxyl groups is 1. The van der Waals surface area contributed by atoms with E-state index in [9.17, 15) is 18.0 Å². The quantitative estimate of drug-likeness (QED) is 0.414. The topological polar surface area (TPSA) is 107 Å². The Morgan fingerprint density at radius 1 is 1.27 bits per heavy atom. The van der Waals surface area contributed by atoms with Gasteiger partial charge < -0.3 is 20.2 Å². The van der Waals surface area contributed by atoms with E-state index >= 15 is 0 Å². The SMILES string of the molecule is CN(C)CCN(C(=O)C(=O)NCCCO)C1CCS(=O)(=O)C1. The van der Waals surface area contributed by atoms with Crippen molar-refractivity contribution >= 4 is 21.7 Å². The van der Waals surface area contributed by atoms with Gasteiger partial charge in [-0.1, -0.05) is 0 Å². The van der Waals surface area contributed by atoms with Gasteiger partial charge in [-0.2, -0.15) is 0 Å². The highest BCUT2D eigenvalue weighted by Crippen LogP contribution is 2.18. The van der Waals surface area contributed by atoms with Gasteiger partial charge in [0.15, 0.2) is 9.84 Å². The Balaban J connectivity index is 2.72. The van der Waals surface area contributed by atoms with Crippen LogP contribution in [0.4, 0.5) is 0 Å². The summed E-state index contributed by atoms with van der Waals surface area (Å²) in [7, 11) is 0.554. The number of carbonyl (C=O) groups excluding carboxylic acids is 2. The Bertz CT molecular complexity index is 492. The molecule has 2 amide bonds. The maximum absolute atomic E-state index is 12.3. The third-order valence-corrected chi connectivity index (χ3v) is 5.26. The summed E-state index contributed by atoms with van der Waals surface area (Å²) < 4.78 is 23.2. The van der Waals surface area contributed by atoms with Crippen molar-refractivity contribution < 1.29 is 23.1 Å². The fourth-order valence-electron chi connectivity index (χ4n) is 2.27. The zero-order valence-electron chi connectivity index (χ0n) is 13.1. The van der Waals surface area contributed by atoms with Crippen LogP contribution in [0.25, 0.3) is 0 Å². The number of nitrogens with one attached hydrogen (secondary N) is 1. The predicted molar refractivity (Wildman–Crippen MR) is 82.0 cm³/mol. The maximum Gasteiger partial charge on any atom is 0.312 e. The molecule has 2 N–H and O–H groups in total. The highest BCUT2D eigenvalue weighted by molar-refractivity contribution is 7.91. The number of likely N-dealkylation sites (N-methyl/N-ethyl adjacent to an activating group) is 1. The summed E-state index contributed by atoms with van der Waals surface area (Å²) in [5.74, 6) is -1.50. The first kappa shape index (κ1) is 18.9. The molecule has 1 heterocycles. The summed E-state index contributed by atoms with van der Waals surface area (Å²) in [6.45, 7) is 0.997. The molecule has 1 unspecified atom stereocenters. The fraction of sp³-hybridized carbons (Fsp3) is 0.846. The van der Waals surface area contributed by atoms with Crippen molar-refractivity contribution in [2.24, 2.45) is 0 Å². The van der Waals surface area contributed by atoms with Crippen molar-refractivity contribution in [3.8, 4) is 0 Å². The van der Waals surface area contributed by atoms with Gasteiger partial charge >= 0.3 is 11.8 Å². The second kappa shape index (κ2) is 8.44. The highest BCUT2D eigenvalue weighted by atomic mass is 32.2. The third kappa shape index (κ3) is 5.90. The minimum absolute atomic E-state index is 0.0511. The summed E-state index contributed by atoms with van der Waals surface area (Å²) in [5.41, 5.74) is 0. The monoisotopic (exact) mass is 335 g/mol. The van der Waals surface area contributed by atoms with Gasteiger partial charge in [-0.3, -0.25) is 9.59 Å². The van der Waals surface area contributed by atoms with Crippen LogP contribution in [0.1, 0.15) is 12.8 Å². The molecule has 0 aromatic carbocycles. The Hall–Kier alpha value is -1.19. The molecule has 9 heteroatoms. The first-order chi connectivity index (χ1) is 10.3. The van der Waals surface area contributed by atoms with Crippen molar-refractivity contribution in [1.82, 2.24) is 15.1 Å². The fourth-order valence-corrected chi connectivity index (χ4v) is 4.00. The van der Waals surface area contributed by atoms with Gasteiger partial charge in [0.05, 0.1) is 11.5 Å². The van der Waals surface area contributed by atoms with E-state index < -0.39 is 27.7 Å². The van der Waals surface area contributed by atoms with Crippen molar-refractivity contribution in [2.45, 2.75) is 18.9 Å². The lowest BCUT2D eigenvalue weighted by Gasteiger charge is -2.28. The molecule has 1 rings (SSSR count). The van der Waals surface area contributed by atoms with E-state index in [4.69, 9.17) is 5.11 Å². The largest absolute Gasteiger partial charge is 0.396 e. The number of hydrogen-bond donors (Lipinski definition) is 2. The first-order valence-corrected chi connectivity index (χ1v) is 9.14. The van der Waals surface area contributed by atoms with Gasteiger partial charge in [-0.05, 0) is 26.9 Å². The zero-order chi connectivity index (χ0) is 16.8. The summed E-state index contributed by atoms with van der Waals surface area (Å²) in [4.78, 5) is 27.4. The number of rotatable bonds is 7. The molecular weight excluding hydrogens is 310 g/mol. The Labute approximate surface area is 131 Å². The van der Waals surface area contributed by atoms with Crippen LogP contribution in [0.15, 0.2) is 0 Å². The van der Waals surface area contributed by atoms with Crippen molar-refractivity contribution in [1.29, 1.82) is 0 Å². The minimum Gasteiger partial charge on any atom is -0.396 e. The van der Waals surface area contributed by atoms with E-state index in [1.807, 2.05) is 19.0 Å². The molecule has 1 saturated heterocycles. The number of nitrogens with zero attached hydrogens (tertiary/aromatic N) is 2. The first-order valence-electron chi connectivity index (χ1n) is 7.31. The third-order valence-electron chi connectivity index (χ3n) is 3.51. The van der Waals surface area contributed by atoms with Gasteiger partial charge in [-0.15, -0.1) is 0 Å². The van der Waals surface area contributed by atoms with E-state index in [0.29, 0.717) is 25.9 Å². The molecule has 0 aliphatic carbocycles. The standard InChI is InChI=1S/C13H25N3O5S/c1-15(2)6-7-16(11-4-9-22(20,21)10-11)13(19)12(18)14-5-3-8-17/h11,17H,3-10H2,1-2H3,(H,14,18). The summed E-state index contributed by atoms with van der Waals surface area (Å²) in [6.07, 6.45) is 0.736. The van der Waals surface area contributed by atoms with Crippen molar-refractivity contribution in [3.05, 3.63) is 0 Å². The molecule has 128 valence electrons. The second-order valence-electron chi connectivity index (χ2n) is 5.69. The summed E-state index contributed by atoms with van der Waals surface area (Å²) >= 11 is 0. The summed E-state index contributed by atoms with van der Waals surface area (Å²) in [5, 5.41) is 11.1. The molecule has 8 nitrogen and oxygen atoms in total. The smallest absolute Gasteiger partial charge is 0.312 e. The molecule has 1 aliphatic heterocycles. The molecule has 0 radical (unpaired) electrons. The number of sulfone groups is 1. The molecule has 22 heavy (non-hydrogen) atoms. The highest BCUT2D eigenvalue weighted by Gasteiger charge is 2.36. The molecule has 1 atom stereocenters. The molecule has 0 aromatic rings. The van der Waals surface area contributed by atoms with Crippen LogP contribution in [0.5, 0.6) is 0 Å². The lowest BCUT2D eigenvalue weighted by atomic mass is 10.2. The van der Waals surface area contributed by atoms with E-state index in [1.54, 1.807) is 0 Å². The Morgan fingerprint density at radius 3 is 2.45 bits per heavy atom. The molecule has 1 aliphatic rings. The van der Waals surface area contributed by atoms with Crippen LogP contribution in [-0.4, -0.2) is 93.0 Å². The Morgan fingerprint density at radius 2 is 1.95 bits per heavy atom. The predicted octanol–water partition coefficient (Wildman–Crippen LogP) is -1.94. The van der Waals surface area contributed by atoms with Crippen LogP contribution < -0.4 is 5.32 Å². The number of amides is 2. The lowest BCUT2D eigenvalue weighted by molar-refractivity contribution is -0.147. The average molecular weight is 335 g/mol. The average Bonchev–Trinajstić information content (AvgIpc) is 2.78. The zero-order valence-corrected chi connectivity index (χ0v) is 13.9. The molecule has 0 aromatic heterocycles. The van der Waals surface area contributed by atoms with Gasteiger partial charge in [0, 0.05) is 32.3 Å². The number of carbonyl (C=O) groups is 2. The van der Waals surface area contributed by atoms with Crippen LogP contribution in [0.2, 0.25) is 0 Å². The number of hydrogen-bond acceptors (Lipinski definition) is 6.